The lowest BCUT2D eigenvalue weighted by molar-refractivity contribution is 0.112. The lowest BCUT2D eigenvalue weighted by Crippen LogP contribution is -1.92. The van der Waals surface area contributed by atoms with Crippen LogP contribution < -0.4 is 5.73 Å². The summed E-state index contributed by atoms with van der Waals surface area (Å²) in [5.41, 5.74) is 6.72. The Kier molecular flexibility index (Phi) is 3.68. The van der Waals surface area contributed by atoms with Crippen LogP contribution in [-0.4, -0.2) is 12.8 Å². The zero-order valence-electron chi connectivity index (χ0n) is 7.03. The first-order valence-corrected chi connectivity index (χ1v) is 4.27. The second kappa shape index (κ2) is 4.80. The fraction of sp³-hybridized carbons (Fsp3) is 0.100. The van der Waals surface area contributed by atoms with Crippen molar-refractivity contribution in [3.63, 3.8) is 0 Å². The number of carbonyl (C=O) groups excluding carboxylic acids is 1. The van der Waals surface area contributed by atoms with Crippen LogP contribution in [0.25, 0.3) is 6.08 Å². The molecule has 1 rings (SSSR count). The first kappa shape index (κ1) is 9.96. The lowest BCUT2D eigenvalue weighted by atomic mass is 10.1. The maximum atomic E-state index is 10.5. The van der Waals surface area contributed by atoms with E-state index in [4.69, 9.17) is 17.3 Å². The molecule has 0 aliphatic heterocycles. The van der Waals surface area contributed by atoms with Crippen LogP contribution in [0.3, 0.4) is 0 Å². The molecule has 0 aliphatic rings. The van der Waals surface area contributed by atoms with Gasteiger partial charge in [-0.3, -0.25) is 4.79 Å². The molecule has 0 amide bonds. The summed E-state index contributed by atoms with van der Waals surface area (Å²) in [7, 11) is 0. The van der Waals surface area contributed by atoms with Crippen LogP contribution in [0, 0.1) is 0 Å². The van der Waals surface area contributed by atoms with Gasteiger partial charge in [0.2, 0.25) is 0 Å². The van der Waals surface area contributed by atoms with Crippen molar-refractivity contribution >= 4 is 24.0 Å². The highest BCUT2D eigenvalue weighted by molar-refractivity contribution is 6.33. The summed E-state index contributed by atoms with van der Waals surface area (Å²) in [5, 5.41) is 0.472. The molecule has 2 N–H and O–H groups in total. The number of hydrogen-bond donors (Lipinski definition) is 1. The summed E-state index contributed by atoms with van der Waals surface area (Å²) >= 11 is 5.75. The van der Waals surface area contributed by atoms with Crippen molar-refractivity contribution in [2.45, 2.75) is 0 Å². The molecule has 0 spiro atoms. The largest absolute Gasteiger partial charge is 0.327 e. The van der Waals surface area contributed by atoms with Crippen LogP contribution in [0.15, 0.2) is 24.3 Å². The Morgan fingerprint density at radius 3 is 2.85 bits per heavy atom. The Labute approximate surface area is 82.0 Å². The molecule has 0 aliphatic carbocycles. The summed E-state index contributed by atoms with van der Waals surface area (Å²) in [6, 6.07) is 5.25. The van der Waals surface area contributed by atoms with Crippen molar-refractivity contribution in [2.24, 2.45) is 5.73 Å². The van der Waals surface area contributed by atoms with Crippen LogP contribution in [0.4, 0.5) is 0 Å². The third-order valence-corrected chi connectivity index (χ3v) is 1.94. The van der Waals surface area contributed by atoms with Gasteiger partial charge in [-0.05, 0) is 17.7 Å². The first-order chi connectivity index (χ1) is 6.27. The molecule has 0 saturated carbocycles. The van der Waals surface area contributed by atoms with Gasteiger partial charge in [0.25, 0.3) is 0 Å². The van der Waals surface area contributed by atoms with Gasteiger partial charge in [-0.15, -0.1) is 0 Å². The van der Waals surface area contributed by atoms with Gasteiger partial charge in [-0.2, -0.15) is 0 Å². The van der Waals surface area contributed by atoms with Gasteiger partial charge in [-0.25, -0.2) is 0 Å². The van der Waals surface area contributed by atoms with E-state index < -0.39 is 0 Å². The summed E-state index contributed by atoms with van der Waals surface area (Å²) in [5.74, 6) is 0. The molecule has 3 heteroatoms. The molecule has 0 saturated heterocycles. The van der Waals surface area contributed by atoms with Crippen molar-refractivity contribution in [1.82, 2.24) is 0 Å². The minimum Gasteiger partial charge on any atom is -0.327 e. The third-order valence-electron chi connectivity index (χ3n) is 1.59. The van der Waals surface area contributed by atoms with E-state index >= 15 is 0 Å². The Bertz CT molecular complexity index is 334. The first-order valence-electron chi connectivity index (χ1n) is 3.89. The van der Waals surface area contributed by atoms with Crippen LogP contribution in [0.2, 0.25) is 5.02 Å². The van der Waals surface area contributed by atoms with Crippen molar-refractivity contribution in [3.8, 4) is 0 Å². The Morgan fingerprint density at radius 1 is 1.46 bits per heavy atom. The van der Waals surface area contributed by atoms with E-state index in [-0.39, 0.29) is 0 Å². The standard InChI is InChI=1S/C10H10ClNO/c11-10-4-3-8(2-1-5-12)6-9(10)7-13/h1-4,6-7H,5,12H2. The average molecular weight is 196 g/mol. The SMILES string of the molecule is NCC=Cc1ccc(Cl)c(C=O)c1. The van der Waals surface area contributed by atoms with Crippen LogP contribution >= 0.6 is 11.6 Å². The van der Waals surface area contributed by atoms with Gasteiger partial charge in [0.15, 0.2) is 6.29 Å². The Hall–Kier alpha value is -1.12. The molecule has 2 nitrogen and oxygen atoms in total. The van der Waals surface area contributed by atoms with E-state index in [0.29, 0.717) is 17.1 Å². The topological polar surface area (TPSA) is 43.1 Å². The monoisotopic (exact) mass is 195 g/mol. The second-order valence-electron chi connectivity index (χ2n) is 2.54. The highest BCUT2D eigenvalue weighted by atomic mass is 35.5. The van der Waals surface area contributed by atoms with Crippen LogP contribution in [0.1, 0.15) is 15.9 Å². The molecule has 0 radical (unpaired) electrons. The van der Waals surface area contributed by atoms with E-state index in [9.17, 15) is 4.79 Å². The predicted molar refractivity (Wildman–Crippen MR) is 54.9 cm³/mol. The van der Waals surface area contributed by atoms with Gasteiger partial charge in [0.05, 0.1) is 5.02 Å². The number of carbonyl (C=O) groups is 1. The summed E-state index contributed by atoms with van der Waals surface area (Å²) in [6.07, 6.45) is 4.41. The van der Waals surface area contributed by atoms with E-state index in [1.54, 1.807) is 12.1 Å². The number of hydrogen-bond acceptors (Lipinski definition) is 2. The maximum absolute atomic E-state index is 10.5. The molecule has 13 heavy (non-hydrogen) atoms. The fourth-order valence-electron chi connectivity index (χ4n) is 0.960. The Morgan fingerprint density at radius 2 is 2.23 bits per heavy atom. The fourth-order valence-corrected chi connectivity index (χ4v) is 1.12. The van der Waals surface area contributed by atoms with E-state index in [2.05, 4.69) is 0 Å². The van der Waals surface area contributed by atoms with Crippen molar-refractivity contribution in [2.75, 3.05) is 6.54 Å². The van der Waals surface area contributed by atoms with Gasteiger partial charge in [0, 0.05) is 12.1 Å². The molecule has 1 aromatic rings. The Balaban J connectivity index is 2.99. The molecule has 0 heterocycles. The number of rotatable bonds is 3. The third kappa shape index (κ3) is 2.68. The van der Waals surface area contributed by atoms with E-state index in [1.165, 1.54) is 0 Å². The van der Waals surface area contributed by atoms with Crippen molar-refractivity contribution < 1.29 is 4.79 Å². The van der Waals surface area contributed by atoms with Gasteiger partial charge in [0.1, 0.15) is 0 Å². The minimum absolute atomic E-state index is 0.472. The molecule has 0 aromatic heterocycles. The van der Waals surface area contributed by atoms with Gasteiger partial charge < -0.3 is 5.73 Å². The molecule has 0 fully saturated rings. The lowest BCUT2D eigenvalue weighted by Gasteiger charge is -1.97. The van der Waals surface area contributed by atoms with Gasteiger partial charge >= 0.3 is 0 Å². The highest BCUT2D eigenvalue weighted by Gasteiger charge is 1.97. The van der Waals surface area contributed by atoms with Crippen molar-refractivity contribution in [3.05, 3.63) is 40.4 Å². The minimum atomic E-state index is 0.472. The van der Waals surface area contributed by atoms with E-state index in [0.717, 1.165) is 11.8 Å². The normalized spacial score (nSPS) is 10.6. The number of benzene rings is 1. The average Bonchev–Trinajstić information content (AvgIpc) is 2.16. The number of aldehydes is 1. The molecule has 0 atom stereocenters. The molecular weight excluding hydrogens is 186 g/mol. The molecule has 68 valence electrons. The smallest absolute Gasteiger partial charge is 0.151 e. The quantitative estimate of drug-likeness (QED) is 0.751. The highest BCUT2D eigenvalue weighted by Crippen LogP contribution is 2.16. The molecule has 0 bridgehead atoms. The van der Waals surface area contributed by atoms with E-state index in [1.807, 2.05) is 18.2 Å². The number of nitrogens with two attached hydrogens (primary N) is 1. The summed E-state index contributed by atoms with van der Waals surface area (Å²) in [4.78, 5) is 10.5. The maximum Gasteiger partial charge on any atom is 0.151 e. The second-order valence-corrected chi connectivity index (χ2v) is 2.94. The molecular formula is C10H10ClNO. The zero-order valence-corrected chi connectivity index (χ0v) is 7.79. The molecule has 1 aromatic carbocycles. The predicted octanol–water partition coefficient (Wildman–Crippen LogP) is 2.12. The van der Waals surface area contributed by atoms with Gasteiger partial charge in [-0.1, -0.05) is 29.8 Å². The molecule has 0 unspecified atom stereocenters. The summed E-state index contributed by atoms with van der Waals surface area (Å²) < 4.78 is 0. The van der Waals surface area contributed by atoms with Crippen LogP contribution in [-0.2, 0) is 0 Å². The summed E-state index contributed by atoms with van der Waals surface area (Å²) in [6.45, 7) is 0.485. The van der Waals surface area contributed by atoms with Crippen LogP contribution in [0.5, 0.6) is 0 Å². The zero-order chi connectivity index (χ0) is 9.68. The van der Waals surface area contributed by atoms with Crippen molar-refractivity contribution in [1.29, 1.82) is 0 Å². The number of halogens is 1.